The van der Waals surface area contributed by atoms with Gasteiger partial charge in [0.15, 0.2) is 7.83 Å². The molecule has 0 aromatic heterocycles. The molecule has 1 aliphatic heterocycles. The largest absolute Gasteiger partial charge is 0.459 e. The van der Waals surface area contributed by atoms with Crippen molar-refractivity contribution in [3.8, 4) is 0 Å². The van der Waals surface area contributed by atoms with E-state index in [9.17, 15) is 4.79 Å². The second kappa shape index (κ2) is 6.01. The first-order valence-corrected chi connectivity index (χ1v) is 15.0. The Hall–Kier alpha value is -0.396. The molecule has 0 aromatic carbocycles. The number of hydrogen-bond acceptors (Lipinski definition) is 3. The van der Waals surface area contributed by atoms with Gasteiger partial charge < -0.3 is 9.16 Å². The van der Waals surface area contributed by atoms with Crippen LogP contribution in [0.25, 0.3) is 0 Å². The standard InChI is InChI=1S/C16H32O3Si2/c1-10-14(18-15(17)12(2)3)13-11-20(6,7)21(8,9)19-16(13,4)5/h13-14H,2,10-11H2,1,3-9H3. The Morgan fingerprint density at radius 1 is 1.38 bits per heavy atom. The Bertz CT molecular complexity index is 427. The van der Waals surface area contributed by atoms with Crippen LogP contribution in [0.15, 0.2) is 12.2 Å². The van der Waals surface area contributed by atoms with E-state index in [4.69, 9.17) is 9.16 Å². The minimum atomic E-state index is -1.63. The zero-order valence-corrected chi connectivity index (χ0v) is 17.0. The highest BCUT2D eigenvalue weighted by Gasteiger charge is 2.56. The van der Waals surface area contributed by atoms with E-state index in [1.54, 1.807) is 6.92 Å². The van der Waals surface area contributed by atoms with E-state index in [1.165, 1.54) is 6.04 Å². The lowest BCUT2D eigenvalue weighted by molar-refractivity contribution is -0.151. The first-order chi connectivity index (χ1) is 9.34. The second-order valence-corrected chi connectivity index (χ2v) is 23.1. The fraction of sp³-hybridized carbons (Fsp3) is 0.812. The van der Waals surface area contributed by atoms with Crippen LogP contribution in [0.1, 0.15) is 34.1 Å². The molecule has 0 aromatic rings. The van der Waals surface area contributed by atoms with E-state index < -0.39 is 15.4 Å². The number of carbonyl (C=O) groups is 1. The zero-order chi connectivity index (χ0) is 16.6. The summed E-state index contributed by atoms with van der Waals surface area (Å²) >= 11 is 0. The van der Waals surface area contributed by atoms with Crippen LogP contribution in [0, 0.1) is 5.92 Å². The van der Waals surface area contributed by atoms with E-state index in [0.29, 0.717) is 5.57 Å². The van der Waals surface area contributed by atoms with Crippen molar-refractivity contribution >= 4 is 21.4 Å². The van der Waals surface area contributed by atoms with Crippen molar-refractivity contribution in [2.24, 2.45) is 5.92 Å². The van der Waals surface area contributed by atoms with Gasteiger partial charge in [-0.15, -0.1) is 0 Å². The molecule has 1 aliphatic rings. The molecular weight excluding hydrogens is 296 g/mol. The third kappa shape index (κ3) is 3.87. The van der Waals surface area contributed by atoms with E-state index >= 15 is 0 Å². The average Bonchev–Trinajstić information content (AvgIpc) is 2.29. The van der Waals surface area contributed by atoms with Crippen molar-refractivity contribution in [1.29, 1.82) is 0 Å². The van der Waals surface area contributed by atoms with Gasteiger partial charge in [0.1, 0.15) is 6.10 Å². The predicted molar refractivity (Wildman–Crippen MR) is 93.4 cm³/mol. The van der Waals surface area contributed by atoms with Crippen LogP contribution in [-0.2, 0) is 14.0 Å². The number of carbonyl (C=O) groups excluding carboxylic acids is 1. The lowest BCUT2D eigenvalue weighted by Gasteiger charge is -2.55. The smallest absolute Gasteiger partial charge is 0.333 e. The Balaban J connectivity index is 3.03. The van der Waals surface area contributed by atoms with Crippen LogP contribution in [0.3, 0.4) is 0 Å². The van der Waals surface area contributed by atoms with E-state index in [2.05, 4.69) is 53.5 Å². The summed E-state index contributed by atoms with van der Waals surface area (Å²) in [5, 5.41) is 0. The van der Waals surface area contributed by atoms with Gasteiger partial charge in [-0.25, -0.2) is 4.79 Å². The molecule has 2 atom stereocenters. The SMILES string of the molecule is C=C(C)C(=O)OC(CC)C1C[Si](C)(C)[Si](C)(C)OC1(C)C. The van der Waals surface area contributed by atoms with E-state index in [0.717, 1.165) is 6.42 Å². The fourth-order valence-electron chi connectivity index (χ4n) is 3.18. The molecule has 1 rings (SSSR count). The van der Waals surface area contributed by atoms with E-state index in [1.807, 2.05) is 0 Å². The highest BCUT2D eigenvalue weighted by Crippen LogP contribution is 2.45. The lowest BCUT2D eigenvalue weighted by Crippen LogP contribution is -2.68. The van der Waals surface area contributed by atoms with Crippen molar-refractivity contribution in [1.82, 2.24) is 0 Å². The summed E-state index contributed by atoms with van der Waals surface area (Å²) in [5.41, 5.74) is 0.239. The van der Waals surface area contributed by atoms with Crippen LogP contribution in [0.2, 0.25) is 32.2 Å². The fourth-order valence-corrected chi connectivity index (χ4v) is 11.0. The van der Waals surface area contributed by atoms with Gasteiger partial charge >= 0.3 is 5.97 Å². The van der Waals surface area contributed by atoms with Crippen molar-refractivity contribution in [2.75, 3.05) is 0 Å². The Morgan fingerprint density at radius 2 is 1.90 bits per heavy atom. The molecule has 0 aliphatic carbocycles. The topological polar surface area (TPSA) is 35.5 Å². The number of hydrogen-bond donors (Lipinski definition) is 0. The molecule has 3 nitrogen and oxygen atoms in total. The van der Waals surface area contributed by atoms with Gasteiger partial charge in [-0.1, -0.05) is 26.6 Å². The minimum Gasteiger partial charge on any atom is -0.459 e. The highest BCUT2D eigenvalue weighted by molar-refractivity contribution is 7.38. The van der Waals surface area contributed by atoms with Gasteiger partial charge in [-0.2, -0.15) is 0 Å². The summed E-state index contributed by atoms with van der Waals surface area (Å²) in [6.07, 6.45) is 0.740. The monoisotopic (exact) mass is 328 g/mol. The van der Waals surface area contributed by atoms with Crippen LogP contribution in [0.5, 0.6) is 0 Å². The Labute approximate surface area is 132 Å². The molecule has 0 radical (unpaired) electrons. The molecule has 1 saturated heterocycles. The van der Waals surface area contributed by atoms with Crippen molar-refractivity contribution in [3.63, 3.8) is 0 Å². The maximum atomic E-state index is 11.9. The van der Waals surface area contributed by atoms with Gasteiger partial charge in [-0.05, 0) is 46.3 Å². The summed E-state index contributed by atoms with van der Waals surface area (Å²) in [6, 6.07) is 1.17. The first-order valence-electron chi connectivity index (χ1n) is 7.90. The molecule has 21 heavy (non-hydrogen) atoms. The molecule has 2 unspecified atom stereocenters. The molecule has 5 heteroatoms. The maximum absolute atomic E-state index is 11.9. The maximum Gasteiger partial charge on any atom is 0.333 e. The Morgan fingerprint density at radius 3 is 2.33 bits per heavy atom. The summed E-state index contributed by atoms with van der Waals surface area (Å²) in [4.78, 5) is 11.9. The lowest BCUT2D eigenvalue weighted by atomic mass is 9.86. The Kier molecular flexibility index (Phi) is 5.34. The zero-order valence-electron chi connectivity index (χ0n) is 15.0. The highest BCUT2D eigenvalue weighted by atomic mass is 29.3. The minimum absolute atomic E-state index is 0.0823. The molecular formula is C16H32O3Si2. The quantitative estimate of drug-likeness (QED) is 0.438. The summed E-state index contributed by atoms with van der Waals surface area (Å²) < 4.78 is 12.3. The molecule has 0 spiro atoms. The van der Waals surface area contributed by atoms with Crippen molar-refractivity contribution in [3.05, 3.63) is 12.2 Å². The van der Waals surface area contributed by atoms with E-state index in [-0.39, 0.29) is 23.6 Å². The average molecular weight is 329 g/mol. The van der Waals surface area contributed by atoms with Gasteiger partial charge in [-0.3, -0.25) is 0 Å². The van der Waals surface area contributed by atoms with Crippen molar-refractivity contribution < 1.29 is 14.0 Å². The third-order valence-corrected chi connectivity index (χ3v) is 21.7. The summed E-state index contributed by atoms with van der Waals surface area (Å²) in [5.74, 6) is -0.00723. The normalized spacial score (nSPS) is 27.7. The molecule has 1 fully saturated rings. The van der Waals surface area contributed by atoms with Crippen LogP contribution in [-0.4, -0.2) is 33.1 Å². The number of ether oxygens (including phenoxy) is 1. The number of rotatable bonds is 4. The number of esters is 1. The summed E-state index contributed by atoms with van der Waals surface area (Å²) in [7, 11) is -3.06. The summed E-state index contributed by atoms with van der Waals surface area (Å²) in [6.45, 7) is 21.3. The third-order valence-electron chi connectivity index (χ3n) is 5.23. The van der Waals surface area contributed by atoms with Crippen LogP contribution < -0.4 is 0 Å². The van der Waals surface area contributed by atoms with Gasteiger partial charge in [0, 0.05) is 11.5 Å². The molecule has 0 bridgehead atoms. The van der Waals surface area contributed by atoms with Crippen LogP contribution in [0.4, 0.5) is 0 Å². The van der Waals surface area contributed by atoms with Crippen molar-refractivity contribution in [2.45, 2.75) is 78.1 Å². The van der Waals surface area contributed by atoms with Gasteiger partial charge in [0.2, 0.25) is 0 Å². The van der Waals surface area contributed by atoms with Gasteiger partial charge in [0.25, 0.3) is 0 Å². The first kappa shape index (κ1) is 18.7. The molecule has 122 valence electrons. The molecule has 0 N–H and O–H groups in total. The second-order valence-electron chi connectivity index (χ2n) is 8.04. The van der Waals surface area contributed by atoms with Crippen LogP contribution >= 0.6 is 0 Å². The predicted octanol–water partition coefficient (Wildman–Crippen LogP) is 4.30. The molecule has 1 heterocycles. The molecule has 0 amide bonds. The molecule has 0 saturated carbocycles. The van der Waals surface area contributed by atoms with Gasteiger partial charge in [0.05, 0.1) is 13.2 Å².